The number of halogens is 1. The Balaban J connectivity index is 1.70. The van der Waals surface area contributed by atoms with Gasteiger partial charge in [-0.05, 0) is 41.8 Å². The van der Waals surface area contributed by atoms with E-state index in [1.54, 1.807) is 23.1 Å². The number of hydrogen-bond donors (Lipinski definition) is 1. The standard InChI is InChI=1S/C23H19ClN2O2/c1-15-19(24)12-7-13-20(15)25-22(27)21(16-8-3-2-4-9-16)26-14-17-10-5-6-11-18(17)23(26)28/h2-13,21H,14H2,1H3,(H,25,27). The molecule has 1 N–H and O–H groups in total. The maximum atomic E-state index is 13.3. The summed E-state index contributed by atoms with van der Waals surface area (Å²) in [5.41, 5.74) is 3.78. The van der Waals surface area contributed by atoms with E-state index < -0.39 is 6.04 Å². The zero-order valence-electron chi connectivity index (χ0n) is 15.4. The van der Waals surface area contributed by atoms with E-state index in [4.69, 9.17) is 11.6 Å². The molecule has 0 bridgehead atoms. The summed E-state index contributed by atoms with van der Waals surface area (Å²) in [5.74, 6) is -0.403. The second kappa shape index (κ2) is 7.49. The lowest BCUT2D eigenvalue weighted by Gasteiger charge is -2.27. The highest BCUT2D eigenvalue weighted by molar-refractivity contribution is 6.31. The lowest BCUT2D eigenvalue weighted by atomic mass is 10.0. The molecule has 1 atom stereocenters. The van der Waals surface area contributed by atoms with E-state index in [1.807, 2.05) is 61.5 Å². The molecule has 1 unspecified atom stereocenters. The van der Waals surface area contributed by atoms with Crippen LogP contribution in [0.1, 0.15) is 33.1 Å². The van der Waals surface area contributed by atoms with Gasteiger partial charge in [-0.2, -0.15) is 0 Å². The summed E-state index contributed by atoms with van der Waals surface area (Å²) in [4.78, 5) is 27.9. The Morgan fingerprint density at radius 2 is 1.71 bits per heavy atom. The van der Waals surface area contributed by atoms with Gasteiger partial charge >= 0.3 is 0 Å². The van der Waals surface area contributed by atoms with E-state index in [0.29, 0.717) is 22.8 Å². The van der Waals surface area contributed by atoms with Crippen molar-refractivity contribution in [1.29, 1.82) is 0 Å². The third-order valence-corrected chi connectivity index (χ3v) is 5.46. The van der Waals surface area contributed by atoms with Gasteiger partial charge in [0, 0.05) is 22.8 Å². The molecule has 1 heterocycles. The maximum absolute atomic E-state index is 13.3. The fourth-order valence-electron chi connectivity index (χ4n) is 3.54. The molecule has 0 saturated carbocycles. The van der Waals surface area contributed by atoms with E-state index >= 15 is 0 Å². The molecular formula is C23H19ClN2O2. The molecule has 0 fully saturated rings. The number of fused-ring (bicyclic) bond motifs is 1. The minimum absolute atomic E-state index is 0.137. The monoisotopic (exact) mass is 390 g/mol. The first-order valence-corrected chi connectivity index (χ1v) is 9.44. The third kappa shape index (κ3) is 3.27. The van der Waals surface area contributed by atoms with Crippen LogP contribution in [0, 0.1) is 6.92 Å². The molecule has 140 valence electrons. The first kappa shape index (κ1) is 18.3. The van der Waals surface area contributed by atoms with Crippen LogP contribution < -0.4 is 5.32 Å². The summed E-state index contributed by atoms with van der Waals surface area (Å²) in [6.07, 6.45) is 0. The molecule has 0 saturated heterocycles. The molecular weight excluding hydrogens is 372 g/mol. The number of rotatable bonds is 4. The van der Waals surface area contributed by atoms with Crippen molar-refractivity contribution in [2.24, 2.45) is 0 Å². The van der Waals surface area contributed by atoms with Gasteiger partial charge in [-0.15, -0.1) is 0 Å². The van der Waals surface area contributed by atoms with E-state index in [0.717, 1.165) is 16.7 Å². The highest BCUT2D eigenvalue weighted by Gasteiger charge is 2.37. The predicted molar refractivity (Wildman–Crippen MR) is 110 cm³/mol. The van der Waals surface area contributed by atoms with Crippen molar-refractivity contribution >= 4 is 29.1 Å². The normalized spacial score (nSPS) is 13.9. The summed E-state index contributed by atoms with van der Waals surface area (Å²) in [6, 6.07) is 21.5. The Morgan fingerprint density at radius 1 is 1.00 bits per heavy atom. The lowest BCUT2D eigenvalue weighted by Crippen LogP contribution is -2.37. The Kier molecular flexibility index (Phi) is 4.88. The van der Waals surface area contributed by atoms with Crippen molar-refractivity contribution in [3.8, 4) is 0 Å². The summed E-state index contributed by atoms with van der Waals surface area (Å²) >= 11 is 6.19. The van der Waals surface area contributed by atoms with Crippen molar-refractivity contribution in [2.75, 3.05) is 5.32 Å². The molecule has 1 aliphatic rings. The SMILES string of the molecule is Cc1c(Cl)cccc1NC(=O)C(c1ccccc1)N1Cc2ccccc2C1=O. The van der Waals surface area contributed by atoms with Crippen LogP contribution in [-0.4, -0.2) is 16.7 Å². The van der Waals surface area contributed by atoms with Gasteiger partial charge in [0.15, 0.2) is 0 Å². The number of carbonyl (C=O) groups is 2. The first-order valence-electron chi connectivity index (χ1n) is 9.06. The number of carbonyl (C=O) groups excluding carboxylic acids is 2. The van der Waals surface area contributed by atoms with Gasteiger partial charge in [-0.3, -0.25) is 9.59 Å². The van der Waals surface area contributed by atoms with Crippen molar-refractivity contribution in [3.05, 3.63) is 100 Å². The topological polar surface area (TPSA) is 49.4 Å². The molecule has 28 heavy (non-hydrogen) atoms. The van der Waals surface area contributed by atoms with E-state index in [9.17, 15) is 9.59 Å². The maximum Gasteiger partial charge on any atom is 0.255 e. The van der Waals surface area contributed by atoms with Crippen molar-refractivity contribution in [2.45, 2.75) is 19.5 Å². The van der Waals surface area contributed by atoms with Gasteiger partial charge in [0.1, 0.15) is 6.04 Å². The van der Waals surface area contributed by atoms with Gasteiger partial charge in [0.05, 0.1) is 0 Å². The van der Waals surface area contributed by atoms with Crippen LogP contribution in [0.15, 0.2) is 72.8 Å². The Bertz CT molecular complexity index is 1050. The minimum atomic E-state index is -0.737. The second-order valence-corrected chi connectivity index (χ2v) is 7.21. The Morgan fingerprint density at radius 3 is 2.46 bits per heavy atom. The number of hydrogen-bond acceptors (Lipinski definition) is 2. The first-order chi connectivity index (χ1) is 13.6. The quantitative estimate of drug-likeness (QED) is 0.682. The van der Waals surface area contributed by atoms with Crippen LogP contribution >= 0.6 is 11.6 Å². The number of nitrogens with zero attached hydrogens (tertiary/aromatic N) is 1. The van der Waals surface area contributed by atoms with Crippen LogP contribution in [0.4, 0.5) is 5.69 Å². The van der Waals surface area contributed by atoms with Crippen LogP contribution in [0.25, 0.3) is 0 Å². The summed E-state index contributed by atoms with van der Waals surface area (Å²) in [7, 11) is 0. The molecule has 0 aromatic heterocycles. The molecule has 2 amide bonds. The fraction of sp³-hybridized carbons (Fsp3) is 0.130. The van der Waals surface area contributed by atoms with Gasteiger partial charge in [-0.1, -0.05) is 66.2 Å². The predicted octanol–water partition coefficient (Wildman–Crippen LogP) is 4.98. The van der Waals surface area contributed by atoms with Crippen molar-refractivity contribution in [1.82, 2.24) is 4.90 Å². The highest BCUT2D eigenvalue weighted by atomic mass is 35.5. The number of benzene rings is 3. The van der Waals surface area contributed by atoms with E-state index in [2.05, 4.69) is 5.32 Å². The fourth-order valence-corrected chi connectivity index (χ4v) is 3.71. The molecule has 0 aliphatic carbocycles. The van der Waals surface area contributed by atoms with E-state index in [-0.39, 0.29) is 11.8 Å². The zero-order chi connectivity index (χ0) is 19.7. The molecule has 3 aromatic rings. The minimum Gasteiger partial charge on any atom is -0.324 e. The average Bonchev–Trinajstić information content (AvgIpc) is 3.03. The summed E-state index contributed by atoms with van der Waals surface area (Å²) in [5, 5.41) is 3.54. The Hall–Kier alpha value is -3.11. The van der Waals surface area contributed by atoms with Crippen LogP contribution in [-0.2, 0) is 11.3 Å². The van der Waals surface area contributed by atoms with Gasteiger partial charge < -0.3 is 10.2 Å². The average molecular weight is 391 g/mol. The highest BCUT2D eigenvalue weighted by Crippen LogP contribution is 2.33. The van der Waals surface area contributed by atoms with Gasteiger partial charge in [0.25, 0.3) is 11.8 Å². The molecule has 4 nitrogen and oxygen atoms in total. The third-order valence-electron chi connectivity index (χ3n) is 5.05. The lowest BCUT2D eigenvalue weighted by molar-refractivity contribution is -0.120. The molecule has 0 radical (unpaired) electrons. The number of amides is 2. The smallest absolute Gasteiger partial charge is 0.255 e. The largest absolute Gasteiger partial charge is 0.324 e. The van der Waals surface area contributed by atoms with Crippen molar-refractivity contribution in [3.63, 3.8) is 0 Å². The number of anilines is 1. The molecule has 0 spiro atoms. The van der Waals surface area contributed by atoms with Crippen LogP contribution in [0.5, 0.6) is 0 Å². The van der Waals surface area contributed by atoms with Crippen LogP contribution in [0.2, 0.25) is 5.02 Å². The zero-order valence-corrected chi connectivity index (χ0v) is 16.1. The molecule has 1 aliphatic heterocycles. The molecule has 5 heteroatoms. The second-order valence-electron chi connectivity index (χ2n) is 6.81. The summed E-state index contributed by atoms with van der Waals surface area (Å²) < 4.78 is 0. The van der Waals surface area contributed by atoms with Gasteiger partial charge in [0.2, 0.25) is 0 Å². The molecule has 4 rings (SSSR count). The summed E-state index contributed by atoms with van der Waals surface area (Å²) in [6.45, 7) is 2.25. The van der Waals surface area contributed by atoms with E-state index in [1.165, 1.54) is 0 Å². The molecule has 3 aromatic carbocycles. The Labute approximate surface area is 168 Å². The van der Waals surface area contributed by atoms with Gasteiger partial charge in [-0.25, -0.2) is 0 Å². The van der Waals surface area contributed by atoms with Crippen molar-refractivity contribution < 1.29 is 9.59 Å². The van der Waals surface area contributed by atoms with Crippen LogP contribution in [0.3, 0.4) is 0 Å². The number of nitrogens with one attached hydrogen (secondary N) is 1.